The van der Waals surface area contributed by atoms with Crippen LogP contribution < -0.4 is 22.5 Å². The Bertz CT molecular complexity index is 554. The SMILES string of the molecule is N=C(N)[NH+](N)N.O=[N+]([O-])C1=C2N=NC([N+](=O)[O-])=C2N=N1. The van der Waals surface area contributed by atoms with Crippen LogP contribution >= 0.6 is 0 Å². The van der Waals surface area contributed by atoms with E-state index in [2.05, 4.69) is 20.5 Å². The van der Waals surface area contributed by atoms with Gasteiger partial charge in [-0.25, -0.2) is 5.41 Å². The summed E-state index contributed by atoms with van der Waals surface area (Å²) in [6, 6.07) is 0. The fourth-order valence-corrected chi connectivity index (χ4v) is 0.931. The highest BCUT2D eigenvalue weighted by atomic mass is 16.6. The summed E-state index contributed by atoms with van der Waals surface area (Å²) in [7, 11) is 0. The quantitative estimate of drug-likeness (QED) is 0.118. The molecule has 0 atom stereocenters. The van der Waals surface area contributed by atoms with Gasteiger partial charge in [-0.15, -0.1) is 5.12 Å². The molecule has 15 nitrogen and oxygen atoms in total. The minimum Gasteiger partial charge on any atom is -0.358 e. The zero-order valence-corrected chi connectivity index (χ0v) is 9.55. The summed E-state index contributed by atoms with van der Waals surface area (Å²) in [5, 5.41) is 39.8. The molecule has 2 aliphatic rings. The van der Waals surface area contributed by atoms with Crippen LogP contribution in [0.15, 0.2) is 43.5 Å². The molecular weight excluding hydrogens is 278 g/mol. The molecule has 0 bridgehead atoms. The van der Waals surface area contributed by atoms with Gasteiger partial charge in [0.05, 0.1) is 10.2 Å². The molecule has 106 valence electrons. The van der Waals surface area contributed by atoms with Gasteiger partial charge in [0.15, 0.2) is 0 Å². The third-order valence-corrected chi connectivity index (χ3v) is 1.79. The molecule has 0 unspecified atom stereocenters. The number of azo groups is 2. The predicted molar refractivity (Wildman–Crippen MR) is 59.0 cm³/mol. The number of quaternary nitrogens is 1. The van der Waals surface area contributed by atoms with Crippen molar-refractivity contribution in [2.45, 2.75) is 0 Å². The third kappa shape index (κ3) is 2.98. The summed E-state index contributed by atoms with van der Waals surface area (Å²) in [6.45, 7) is 0. The second-order valence-corrected chi connectivity index (χ2v) is 3.13. The Morgan fingerprint density at radius 2 is 1.30 bits per heavy atom. The first kappa shape index (κ1) is 14.9. The van der Waals surface area contributed by atoms with Gasteiger partial charge >= 0.3 is 17.6 Å². The number of nitrogens with zero attached hydrogens (tertiary/aromatic N) is 6. The van der Waals surface area contributed by atoms with Gasteiger partial charge in [-0.2, -0.15) is 11.7 Å². The predicted octanol–water partition coefficient (Wildman–Crippen LogP) is -2.68. The fourth-order valence-electron chi connectivity index (χ4n) is 0.931. The topological polar surface area (TPSA) is 242 Å². The van der Waals surface area contributed by atoms with Crippen molar-refractivity contribution in [3.63, 3.8) is 0 Å². The Hall–Kier alpha value is -3.17. The lowest BCUT2D eigenvalue weighted by Gasteiger charge is -1.96. The fraction of sp³-hybridized carbons (Fsp3) is 0. The maximum atomic E-state index is 10.3. The van der Waals surface area contributed by atoms with Crippen molar-refractivity contribution in [1.29, 1.82) is 5.41 Å². The average molecular weight is 286 g/mol. The van der Waals surface area contributed by atoms with Crippen LogP contribution in [0, 0.1) is 25.6 Å². The highest BCUT2D eigenvalue weighted by Crippen LogP contribution is 2.34. The van der Waals surface area contributed by atoms with E-state index in [9.17, 15) is 20.2 Å². The highest BCUT2D eigenvalue weighted by molar-refractivity contribution is 5.63. The normalized spacial score (nSPS) is 15.3. The Morgan fingerprint density at radius 1 is 1.00 bits per heavy atom. The average Bonchev–Trinajstić information content (AvgIpc) is 2.88. The second kappa shape index (κ2) is 5.65. The van der Waals surface area contributed by atoms with E-state index in [0.717, 1.165) is 0 Å². The molecule has 0 fully saturated rings. The first-order valence-corrected chi connectivity index (χ1v) is 4.59. The van der Waals surface area contributed by atoms with Crippen LogP contribution in [0.25, 0.3) is 0 Å². The monoisotopic (exact) mass is 286 g/mol. The zero-order chi connectivity index (χ0) is 15.4. The third-order valence-electron chi connectivity index (χ3n) is 1.79. The van der Waals surface area contributed by atoms with E-state index in [1.807, 2.05) is 0 Å². The maximum absolute atomic E-state index is 10.3. The van der Waals surface area contributed by atoms with Gasteiger partial charge in [0.2, 0.25) is 11.4 Å². The first-order valence-electron chi connectivity index (χ1n) is 4.59. The van der Waals surface area contributed by atoms with Crippen molar-refractivity contribution in [3.8, 4) is 0 Å². The zero-order valence-electron chi connectivity index (χ0n) is 9.55. The van der Waals surface area contributed by atoms with Crippen molar-refractivity contribution in [1.82, 2.24) is 0 Å². The van der Waals surface area contributed by atoms with E-state index in [-0.39, 0.29) is 22.5 Å². The Morgan fingerprint density at radius 3 is 1.50 bits per heavy atom. The highest BCUT2D eigenvalue weighted by Gasteiger charge is 2.42. The smallest absolute Gasteiger partial charge is 0.358 e. The van der Waals surface area contributed by atoms with Crippen LogP contribution in [0.3, 0.4) is 0 Å². The first-order chi connectivity index (χ1) is 9.25. The summed E-state index contributed by atoms with van der Waals surface area (Å²) >= 11 is 0. The standard InChI is InChI=1S/C4N6O4.CH7N5/c11-9(12)3-1-2(6-7-3)4(8-5-1)10(13)14;2-1(3)6(4)5/h;4-5H2,(H3,2,3)/p+1. The van der Waals surface area contributed by atoms with Gasteiger partial charge < -0.3 is 26.0 Å². The molecule has 0 aromatic heterocycles. The molecule has 15 heteroatoms. The molecule has 8 N–H and O–H groups in total. The van der Waals surface area contributed by atoms with Gasteiger partial charge in [0.1, 0.15) is 0 Å². The van der Waals surface area contributed by atoms with Crippen molar-refractivity contribution in [2.75, 3.05) is 0 Å². The van der Waals surface area contributed by atoms with E-state index in [1.165, 1.54) is 0 Å². The van der Waals surface area contributed by atoms with Gasteiger partial charge in [0, 0.05) is 0 Å². The Labute approximate surface area is 108 Å². The van der Waals surface area contributed by atoms with E-state index >= 15 is 0 Å². The summed E-state index contributed by atoms with van der Waals surface area (Å²) in [4.78, 5) is 19.0. The van der Waals surface area contributed by atoms with E-state index < -0.39 is 21.5 Å². The molecule has 2 rings (SSSR count). The number of nitro groups is 2. The number of hydrogen-bond acceptors (Lipinski definition) is 11. The van der Waals surface area contributed by atoms with Crippen molar-refractivity contribution in [3.05, 3.63) is 43.3 Å². The van der Waals surface area contributed by atoms with E-state index in [4.69, 9.17) is 22.8 Å². The van der Waals surface area contributed by atoms with Crippen LogP contribution in [0.2, 0.25) is 0 Å². The molecule has 0 spiro atoms. The van der Waals surface area contributed by atoms with Crippen LogP contribution in [-0.2, 0) is 0 Å². The largest absolute Gasteiger partial charge is 0.423 e. The molecule has 2 aliphatic heterocycles. The minimum absolute atomic E-state index is 0.130. The number of nitrogens with two attached hydrogens (primary N) is 3. The number of guanidine groups is 1. The Kier molecular flexibility index (Phi) is 4.20. The molecule has 20 heavy (non-hydrogen) atoms. The molecule has 0 aliphatic carbocycles. The van der Waals surface area contributed by atoms with Crippen molar-refractivity contribution in [2.24, 2.45) is 37.9 Å². The van der Waals surface area contributed by atoms with E-state index in [0.29, 0.717) is 0 Å². The molecule has 0 amide bonds. The molecule has 2 heterocycles. The van der Waals surface area contributed by atoms with Crippen LogP contribution in [-0.4, -0.2) is 15.8 Å². The maximum Gasteiger partial charge on any atom is 0.423 e. The van der Waals surface area contributed by atoms with Crippen LogP contribution in [0.4, 0.5) is 0 Å². The molecular formula is C5H8N11O4+. The number of hydrogen-bond donors (Lipinski definition) is 5. The second-order valence-electron chi connectivity index (χ2n) is 3.13. The minimum atomic E-state index is -0.826. The van der Waals surface area contributed by atoms with Crippen molar-refractivity contribution >= 4 is 5.96 Å². The van der Waals surface area contributed by atoms with Crippen molar-refractivity contribution < 1.29 is 15.0 Å². The molecule has 0 aromatic rings. The summed E-state index contributed by atoms with van der Waals surface area (Å²) in [6.07, 6.45) is 0. The lowest BCUT2D eigenvalue weighted by atomic mass is 10.3. The lowest BCUT2D eigenvalue weighted by molar-refractivity contribution is -0.833. The van der Waals surface area contributed by atoms with Crippen LogP contribution in [0.5, 0.6) is 0 Å². The van der Waals surface area contributed by atoms with Crippen LogP contribution in [0.1, 0.15) is 0 Å². The number of nitrogens with one attached hydrogen (secondary N) is 2. The number of rotatable bonds is 2. The van der Waals surface area contributed by atoms with Gasteiger partial charge in [0.25, 0.3) is 0 Å². The summed E-state index contributed by atoms with van der Waals surface area (Å²) in [5.74, 6) is 8.04. The Balaban J connectivity index is 0.000000286. The number of fused-ring (bicyclic) bond motifs is 1. The molecule has 0 saturated carbocycles. The molecule has 0 radical (unpaired) electrons. The lowest BCUT2D eigenvalue weighted by Crippen LogP contribution is -3.26. The van der Waals surface area contributed by atoms with Gasteiger partial charge in [-0.05, 0) is 20.1 Å². The van der Waals surface area contributed by atoms with E-state index in [1.54, 1.807) is 0 Å². The summed E-state index contributed by atoms with van der Waals surface area (Å²) in [5.41, 5.74) is 4.21. The molecule has 0 saturated heterocycles. The van der Waals surface area contributed by atoms with Gasteiger partial charge in [-0.3, -0.25) is 0 Å². The summed E-state index contributed by atoms with van der Waals surface area (Å²) < 4.78 is 0. The molecule has 0 aromatic carbocycles. The van der Waals surface area contributed by atoms with Gasteiger partial charge in [-0.1, -0.05) is 0 Å².